The van der Waals surface area contributed by atoms with Crippen molar-refractivity contribution in [1.29, 1.82) is 0 Å². The van der Waals surface area contributed by atoms with E-state index in [1.54, 1.807) is 0 Å². The van der Waals surface area contributed by atoms with E-state index >= 15 is 0 Å². The molecule has 1 N–H and O–H groups in total. The summed E-state index contributed by atoms with van der Waals surface area (Å²) in [6.45, 7) is 4.87. The van der Waals surface area contributed by atoms with Gasteiger partial charge in [-0.2, -0.15) is 11.8 Å². The summed E-state index contributed by atoms with van der Waals surface area (Å²) in [5.74, 6) is 3.29. The lowest BCUT2D eigenvalue weighted by molar-refractivity contribution is 0.156. The molecule has 2 saturated heterocycles. The predicted octanol–water partition coefficient (Wildman–Crippen LogP) is 2.18. The van der Waals surface area contributed by atoms with Crippen molar-refractivity contribution in [2.24, 2.45) is 0 Å². The average Bonchev–Trinajstić information content (AvgIpc) is 2.49. The SMILES string of the molecule is c1ccc(C2CNCCC2N2CCSCC2)cc1. The van der Waals surface area contributed by atoms with Crippen LogP contribution in [0.2, 0.25) is 0 Å². The number of rotatable bonds is 2. The average molecular weight is 262 g/mol. The molecule has 0 aromatic heterocycles. The maximum atomic E-state index is 3.57. The molecule has 0 spiro atoms. The Morgan fingerprint density at radius 2 is 1.89 bits per heavy atom. The van der Waals surface area contributed by atoms with Gasteiger partial charge in [-0.1, -0.05) is 30.3 Å². The van der Waals surface area contributed by atoms with Gasteiger partial charge in [-0.25, -0.2) is 0 Å². The topological polar surface area (TPSA) is 15.3 Å². The van der Waals surface area contributed by atoms with Gasteiger partial charge in [0.05, 0.1) is 0 Å². The van der Waals surface area contributed by atoms with Gasteiger partial charge in [0.1, 0.15) is 0 Å². The minimum Gasteiger partial charge on any atom is -0.316 e. The fourth-order valence-electron chi connectivity index (χ4n) is 3.23. The standard InChI is InChI=1S/C15H22N2S/c1-2-4-13(5-3-1)14-12-16-7-6-15(14)17-8-10-18-11-9-17/h1-5,14-16H,6-12H2. The predicted molar refractivity (Wildman–Crippen MR) is 79.4 cm³/mol. The third-order valence-corrected chi connectivity index (χ3v) is 5.13. The molecule has 2 heterocycles. The molecule has 1 aromatic carbocycles. The smallest absolute Gasteiger partial charge is 0.0189 e. The first-order valence-corrected chi connectivity index (χ1v) is 8.18. The zero-order chi connectivity index (χ0) is 12.2. The van der Waals surface area contributed by atoms with Crippen molar-refractivity contribution in [1.82, 2.24) is 10.2 Å². The molecule has 2 atom stereocenters. The molecule has 2 nitrogen and oxygen atoms in total. The third-order valence-electron chi connectivity index (χ3n) is 4.19. The van der Waals surface area contributed by atoms with Gasteiger partial charge in [-0.15, -0.1) is 0 Å². The zero-order valence-corrected chi connectivity index (χ0v) is 11.7. The van der Waals surface area contributed by atoms with Crippen LogP contribution in [0.4, 0.5) is 0 Å². The Balaban J connectivity index is 1.77. The van der Waals surface area contributed by atoms with Crippen molar-refractivity contribution in [3.63, 3.8) is 0 Å². The minimum absolute atomic E-state index is 0.669. The second-order valence-electron chi connectivity index (χ2n) is 5.23. The first-order valence-electron chi connectivity index (χ1n) is 7.02. The number of nitrogens with one attached hydrogen (secondary N) is 1. The molecule has 98 valence electrons. The number of hydrogen-bond donors (Lipinski definition) is 1. The number of piperidine rings is 1. The third kappa shape index (κ3) is 2.73. The Bertz CT molecular complexity index is 362. The van der Waals surface area contributed by atoms with E-state index in [1.165, 1.54) is 43.1 Å². The quantitative estimate of drug-likeness (QED) is 0.879. The fraction of sp³-hybridized carbons (Fsp3) is 0.600. The van der Waals surface area contributed by atoms with Crippen LogP contribution in [0.3, 0.4) is 0 Å². The van der Waals surface area contributed by atoms with Gasteiger partial charge in [0.2, 0.25) is 0 Å². The van der Waals surface area contributed by atoms with E-state index in [0.717, 1.165) is 12.6 Å². The molecular weight excluding hydrogens is 240 g/mol. The van der Waals surface area contributed by atoms with Gasteiger partial charge < -0.3 is 5.32 Å². The zero-order valence-electron chi connectivity index (χ0n) is 10.8. The van der Waals surface area contributed by atoms with Crippen LogP contribution in [0, 0.1) is 0 Å². The molecule has 3 heteroatoms. The monoisotopic (exact) mass is 262 g/mol. The van der Waals surface area contributed by atoms with Crippen LogP contribution in [0.5, 0.6) is 0 Å². The summed E-state index contributed by atoms with van der Waals surface area (Å²) in [6, 6.07) is 11.8. The van der Waals surface area contributed by atoms with Gasteiger partial charge in [0.25, 0.3) is 0 Å². The van der Waals surface area contributed by atoms with Crippen molar-refractivity contribution in [3.8, 4) is 0 Å². The van der Waals surface area contributed by atoms with E-state index in [2.05, 4.69) is 52.3 Å². The van der Waals surface area contributed by atoms with E-state index < -0.39 is 0 Å². The van der Waals surface area contributed by atoms with E-state index in [1.807, 2.05) is 0 Å². The second-order valence-corrected chi connectivity index (χ2v) is 6.45. The summed E-state index contributed by atoms with van der Waals surface area (Å²) in [5.41, 5.74) is 1.51. The molecular formula is C15H22N2S. The molecule has 3 rings (SSSR count). The van der Waals surface area contributed by atoms with Gasteiger partial charge in [-0.05, 0) is 18.5 Å². The Labute approximate surface area is 114 Å². The molecule has 2 fully saturated rings. The highest BCUT2D eigenvalue weighted by atomic mass is 32.2. The molecule has 0 amide bonds. The summed E-state index contributed by atoms with van der Waals surface area (Å²) in [6.07, 6.45) is 1.30. The normalized spacial score (nSPS) is 30.2. The highest BCUT2D eigenvalue weighted by Gasteiger charge is 2.31. The van der Waals surface area contributed by atoms with Crippen molar-refractivity contribution in [2.75, 3.05) is 37.7 Å². The first-order chi connectivity index (χ1) is 8.95. The van der Waals surface area contributed by atoms with Crippen LogP contribution in [0.15, 0.2) is 30.3 Å². The number of thioether (sulfide) groups is 1. The summed E-state index contributed by atoms with van der Waals surface area (Å²) in [4.78, 5) is 2.73. The van der Waals surface area contributed by atoms with E-state index in [-0.39, 0.29) is 0 Å². The highest BCUT2D eigenvalue weighted by molar-refractivity contribution is 7.99. The van der Waals surface area contributed by atoms with Crippen molar-refractivity contribution in [2.45, 2.75) is 18.4 Å². The molecule has 1 aromatic rings. The lowest BCUT2D eigenvalue weighted by Crippen LogP contribution is -2.50. The fourth-order valence-corrected chi connectivity index (χ4v) is 4.16. The van der Waals surface area contributed by atoms with Crippen molar-refractivity contribution >= 4 is 11.8 Å². The molecule has 0 saturated carbocycles. The molecule has 2 aliphatic rings. The Morgan fingerprint density at radius 1 is 1.11 bits per heavy atom. The molecule has 2 aliphatic heterocycles. The molecule has 18 heavy (non-hydrogen) atoms. The maximum absolute atomic E-state index is 3.57. The molecule has 0 aliphatic carbocycles. The van der Waals surface area contributed by atoms with Gasteiger partial charge >= 0.3 is 0 Å². The van der Waals surface area contributed by atoms with Crippen molar-refractivity contribution in [3.05, 3.63) is 35.9 Å². The number of benzene rings is 1. The first kappa shape index (κ1) is 12.5. The highest BCUT2D eigenvalue weighted by Crippen LogP contribution is 2.29. The molecule has 0 bridgehead atoms. The number of hydrogen-bond acceptors (Lipinski definition) is 3. The minimum atomic E-state index is 0.669. The lowest BCUT2D eigenvalue weighted by Gasteiger charge is -2.42. The van der Waals surface area contributed by atoms with E-state index in [4.69, 9.17) is 0 Å². The van der Waals surface area contributed by atoms with Crippen LogP contribution in [0.25, 0.3) is 0 Å². The Kier molecular flexibility index (Phi) is 4.24. The van der Waals surface area contributed by atoms with Crippen LogP contribution in [0.1, 0.15) is 17.9 Å². The molecule has 0 radical (unpaired) electrons. The largest absolute Gasteiger partial charge is 0.316 e. The summed E-state index contributed by atoms with van der Waals surface area (Å²) in [5, 5.41) is 3.57. The summed E-state index contributed by atoms with van der Waals surface area (Å²) < 4.78 is 0. The van der Waals surface area contributed by atoms with Crippen LogP contribution >= 0.6 is 11.8 Å². The van der Waals surface area contributed by atoms with Gasteiger partial charge in [-0.3, -0.25) is 4.90 Å². The second kappa shape index (κ2) is 6.09. The van der Waals surface area contributed by atoms with Crippen LogP contribution < -0.4 is 5.32 Å². The van der Waals surface area contributed by atoms with Crippen LogP contribution in [-0.2, 0) is 0 Å². The summed E-state index contributed by atoms with van der Waals surface area (Å²) >= 11 is 2.10. The van der Waals surface area contributed by atoms with Gasteiger partial charge in [0.15, 0.2) is 0 Å². The maximum Gasteiger partial charge on any atom is 0.0189 e. The Morgan fingerprint density at radius 3 is 2.67 bits per heavy atom. The van der Waals surface area contributed by atoms with Crippen LogP contribution in [-0.4, -0.2) is 48.6 Å². The number of nitrogens with zero attached hydrogens (tertiary/aromatic N) is 1. The van der Waals surface area contributed by atoms with Gasteiger partial charge in [0, 0.05) is 43.1 Å². The van der Waals surface area contributed by atoms with Crippen molar-refractivity contribution < 1.29 is 0 Å². The molecule has 2 unspecified atom stereocenters. The lowest BCUT2D eigenvalue weighted by atomic mass is 9.86. The summed E-state index contributed by atoms with van der Waals surface area (Å²) in [7, 11) is 0. The van der Waals surface area contributed by atoms with E-state index in [9.17, 15) is 0 Å². The Hall–Kier alpha value is -0.510. The van der Waals surface area contributed by atoms with E-state index in [0.29, 0.717) is 5.92 Å².